The Morgan fingerprint density at radius 2 is 1.23 bits per heavy atom. The van der Waals surface area contributed by atoms with Gasteiger partial charge in [0.15, 0.2) is 23.5 Å². The number of hydrogen-bond donors (Lipinski definition) is 0. The lowest BCUT2D eigenvalue weighted by molar-refractivity contribution is -0.143. The summed E-state index contributed by atoms with van der Waals surface area (Å²) in [5.41, 5.74) is -0.774. The third kappa shape index (κ3) is 6.41. The van der Waals surface area contributed by atoms with Crippen LogP contribution in [0.5, 0.6) is 17.2 Å². The zero-order valence-electron chi connectivity index (χ0n) is 17.4. The highest BCUT2D eigenvalue weighted by Crippen LogP contribution is 2.31. The van der Waals surface area contributed by atoms with Gasteiger partial charge in [0.05, 0.1) is 5.56 Å². The lowest BCUT2D eigenvalue weighted by Gasteiger charge is -2.19. The molecule has 0 aromatic heterocycles. The lowest BCUT2D eigenvalue weighted by atomic mass is 9.89. The Morgan fingerprint density at radius 3 is 1.65 bits per heavy atom. The fourth-order valence-electron chi connectivity index (χ4n) is 2.84. The molecule has 2 aromatic rings. The number of carbonyl (C=O) groups excluding carboxylic acids is 3. The van der Waals surface area contributed by atoms with Crippen LogP contribution in [0, 0.1) is 5.92 Å². The second-order valence-electron chi connectivity index (χ2n) is 6.83. The van der Waals surface area contributed by atoms with Crippen LogP contribution in [0.2, 0.25) is 0 Å². The maximum atomic E-state index is 12.6. The molecule has 0 bridgehead atoms. The molecule has 31 heavy (non-hydrogen) atoms. The minimum absolute atomic E-state index is 0.0743. The highest BCUT2D eigenvalue weighted by molar-refractivity contribution is 6.20. The number of ketones is 3. The zero-order valence-corrected chi connectivity index (χ0v) is 17.4. The Bertz CT molecular complexity index is 902. The van der Waals surface area contributed by atoms with Gasteiger partial charge in [-0.15, -0.1) is 0 Å². The standard InChI is InChI=1S/C23H23F3O5/c1-4-19(27)21(20(28)5-2)22(29)14(3)30-16-10-12-18(13-11-16)31-17-8-6-15(7-9-17)23(24,25)26/h6-14,21H,4-5H2,1-3H3. The molecule has 0 aliphatic heterocycles. The third-order valence-electron chi connectivity index (χ3n) is 4.58. The minimum Gasteiger partial charge on any atom is -0.483 e. The van der Waals surface area contributed by atoms with E-state index in [1.165, 1.54) is 43.3 Å². The van der Waals surface area contributed by atoms with E-state index in [0.717, 1.165) is 12.1 Å². The van der Waals surface area contributed by atoms with Crippen molar-refractivity contribution in [3.63, 3.8) is 0 Å². The average molecular weight is 436 g/mol. The Balaban J connectivity index is 2.03. The van der Waals surface area contributed by atoms with Crippen molar-refractivity contribution in [2.75, 3.05) is 0 Å². The highest BCUT2D eigenvalue weighted by Gasteiger charge is 2.35. The molecular weight excluding hydrogens is 413 g/mol. The molecule has 0 aliphatic carbocycles. The van der Waals surface area contributed by atoms with Crippen LogP contribution in [-0.2, 0) is 20.6 Å². The molecule has 166 valence electrons. The molecule has 0 spiro atoms. The number of halogens is 3. The van der Waals surface area contributed by atoms with E-state index < -0.39 is 41.1 Å². The lowest BCUT2D eigenvalue weighted by Crippen LogP contribution is -2.39. The molecule has 0 radical (unpaired) electrons. The maximum absolute atomic E-state index is 12.6. The fourth-order valence-corrected chi connectivity index (χ4v) is 2.84. The molecule has 2 rings (SSSR count). The Kier molecular flexibility index (Phi) is 7.96. The van der Waals surface area contributed by atoms with E-state index in [-0.39, 0.29) is 18.6 Å². The van der Waals surface area contributed by atoms with E-state index in [4.69, 9.17) is 9.47 Å². The van der Waals surface area contributed by atoms with Gasteiger partial charge in [-0.25, -0.2) is 0 Å². The van der Waals surface area contributed by atoms with Gasteiger partial charge < -0.3 is 9.47 Å². The number of rotatable bonds is 10. The highest BCUT2D eigenvalue weighted by atomic mass is 19.4. The average Bonchev–Trinajstić information content (AvgIpc) is 2.74. The first-order chi connectivity index (χ1) is 14.6. The first-order valence-corrected chi connectivity index (χ1v) is 9.77. The molecule has 0 saturated heterocycles. The largest absolute Gasteiger partial charge is 0.483 e. The predicted molar refractivity (Wildman–Crippen MR) is 107 cm³/mol. The number of benzene rings is 2. The monoisotopic (exact) mass is 436 g/mol. The van der Waals surface area contributed by atoms with Gasteiger partial charge in [-0.05, 0) is 55.5 Å². The summed E-state index contributed by atoms with van der Waals surface area (Å²) in [6.07, 6.45) is -5.29. The molecule has 0 aliphatic rings. The van der Waals surface area contributed by atoms with E-state index in [1.54, 1.807) is 13.8 Å². The smallest absolute Gasteiger partial charge is 0.416 e. The summed E-state index contributed by atoms with van der Waals surface area (Å²) in [7, 11) is 0. The number of ether oxygens (including phenoxy) is 2. The molecule has 0 N–H and O–H groups in total. The number of alkyl halides is 3. The van der Waals surface area contributed by atoms with Crippen molar-refractivity contribution in [2.24, 2.45) is 5.92 Å². The summed E-state index contributed by atoms with van der Waals surface area (Å²) < 4.78 is 48.9. The van der Waals surface area contributed by atoms with Crippen molar-refractivity contribution in [3.05, 3.63) is 54.1 Å². The number of carbonyl (C=O) groups is 3. The molecular formula is C23H23F3O5. The molecule has 5 nitrogen and oxygen atoms in total. The molecule has 0 fully saturated rings. The molecule has 8 heteroatoms. The normalized spacial score (nSPS) is 12.4. The number of Topliss-reactive ketones (excluding diaryl/α,β-unsaturated/α-hetero) is 3. The molecule has 0 saturated carbocycles. The van der Waals surface area contributed by atoms with Crippen LogP contribution < -0.4 is 9.47 Å². The summed E-state index contributed by atoms with van der Waals surface area (Å²) in [6, 6.07) is 10.3. The fraction of sp³-hybridized carbons (Fsp3) is 0.348. The van der Waals surface area contributed by atoms with Crippen molar-refractivity contribution in [1.29, 1.82) is 0 Å². The van der Waals surface area contributed by atoms with Gasteiger partial charge >= 0.3 is 6.18 Å². The summed E-state index contributed by atoms with van der Waals surface area (Å²) in [4.78, 5) is 36.6. The molecule has 1 unspecified atom stereocenters. The molecule has 0 heterocycles. The minimum atomic E-state index is -4.42. The number of hydrogen-bond acceptors (Lipinski definition) is 5. The van der Waals surface area contributed by atoms with Crippen LogP contribution >= 0.6 is 0 Å². The van der Waals surface area contributed by atoms with Gasteiger partial charge in [0.2, 0.25) is 0 Å². The summed E-state index contributed by atoms with van der Waals surface area (Å²) >= 11 is 0. The van der Waals surface area contributed by atoms with Crippen LogP contribution in [0.25, 0.3) is 0 Å². The van der Waals surface area contributed by atoms with Gasteiger partial charge in [0.1, 0.15) is 23.2 Å². The summed E-state index contributed by atoms with van der Waals surface area (Å²) in [5, 5.41) is 0. The quantitative estimate of drug-likeness (QED) is 0.466. The van der Waals surface area contributed by atoms with E-state index in [9.17, 15) is 27.6 Å². The van der Waals surface area contributed by atoms with Crippen LogP contribution in [0.4, 0.5) is 13.2 Å². The van der Waals surface area contributed by atoms with E-state index in [2.05, 4.69) is 0 Å². The van der Waals surface area contributed by atoms with Gasteiger partial charge in [-0.1, -0.05) is 13.8 Å². The van der Waals surface area contributed by atoms with Crippen molar-refractivity contribution < 1.29 is 37.0 Å². The Hall–Kier alpha value is -3.16. The SMILES string of the molecule is CCC(=O)C(C(=O)CC)C(=O)C(C)Oc1ccc(Oc2ccc(C(F)(F)F)cc2)cc1. The van der Waals surface area contributed by atoms with Crippen molar-refractivity contribution >= 4 is 17.3 Å². The zero-order chi connectivity index (χ0) is 23.2. The Labute approximate surface area is 178 Å². The topological polar surface area (TPSA) is 69.7 Å². The Morgan fingerprint density at radius 1 is 0.806 bits per heavy atom. The van der Waals surface area contributed by atoms with Gasteiger partial charge in [-0.3, -0.25) is 14.4 Å². The maximum Gasteiger partial charge on any atom is 0.416 e. The van der Waals surface area contributed by atoms with Crippen LogP contribution in [0.3, 0.4) is 0 Å². The third-order valence-corrected chi connectivity index (χ3v) is 4.58. The van der Waals surface area contributed by atoms with Crippen molar-refractivity contribution in [1.82, 2.24) is 0 Å². The first-order valence-electron chi connectivity index (χ1n) is 9.77. The van der Waals surface area contributed by atoms with E-state index in [1.807, 2.05) is 0 Å². The van der Waals surface area contributed by atoms with Crippen LogP contribution in [0.1, 0.15) is 39.2 Å². The second-order valence-corrected chi connectivity index (χ2v) is 6.83. The van der Waals surface area contributed by atoms with Gasteiger partial charge in [-0.2, -0.15) is 13.2 Å². The molecule has 2 aromatic carbocycles. The van der Waals surface area contributed by atoms with Crippen molar-refractivity contribution in [2.45, 2.75) is 45.9 Å². The van der Waals surface area contributed by atoms with Crippen LogP contribution in [-0.4, -0.2) is 23.5 Å². The molecule has 1 atom stereocenters. The van der Waals surface area contributed by atoms with Crippen LogP contribution in [0.15, 0.2) is 48.5 Å². The molecule has 0 amide bonds. The van der Waals surface area contributed by atoms with Gasteiger partial charge in [0.25, 0.3) is 0 Å². The van der Waals surface area contributed by atoms with Crippen molar-refractivity contribution in [3.8, 4) is 17.2 Å². The first kappa shape index (κ1) is 24.1. The van der Waals surface area contributed by atoms with E-state index in [0.29, 0.717) is 11.5 Å². The summed E-state index contributed by atoms with van der Waals surface area (Å²) in [6.45, 7) is 4.65. The van der Waals surface area contributed by atoms with Gasteiger partial charge in [0, 0.05) is 12.8 Å². The predicted octanol–water partition coefficient (Wildman–Crippen LogP) is 5.41. The second kappa shape index (κ2) is 10.2. The van der Waals surface area contributed by atoms with E-state index >= 15 is 0 Å². The summed E-state index contributed by atoms with van der Waals surface area (Å²) in [5.74, 6) is -1.90.